The Bertz CT molecular complexity index is 503. The lowest BCUT2D eigenvalue weighted by Crippen LogP contribution is -2.10. The molecule has 0 bridgehead atoms. The van der Waals surface area contributed by atoms with E-state index >= 15 is 0 Å². The third-order valence-electron chi connectivity index (χ3n) is 2.31. The summed E-state index contributed by atoms with van der Waals surface area (Å²) in [6.07, 6.45) is 0.652. The maximum Gasteiger partial charge on any atom is 0.154 e. The van der Waals surface area contributed by atoms with Crippen LogP contribution in [0.5, 0.6) is 5.75 Å². The van der Waals surface area contributed by atoms with Crippen molar-refractivity contribution in [3.05, 3.63) is 29.8 Å². The second kappa shape index (κ2) is 6.26. The van der Waals surface area contributed by atoms with Gasteiger partial charge in [-0.25, -0.2) is 8.42 Å². The van der Waals surface area contributed by atoms with Crippen LogP contribution in [0.1, 0.15) is 18.4 Å². The third-order valence-corrected chi connectivity index (χ3v) is 3.97. The molecule has 4 nitrogen and oxygen atoms in total. The molecule has 0 radical (unpaired) electrons. The highest BCUT2D eigenvalue weighted by molar-refractivity contribution is 7.90. The second-order valence-corrected chi connectivity index (χ2v) is 5.85. The molecule has 1 aromatic carbocycles. The molecule has 0 aliphatic heterocycles. The van der Waals surface area contributed by atoms with Gasteiger partial charge in [-0.1, -0.05) is 18.2 Å². The Balaban J connectivity index is 2.73. The largest absolute Gasteiger partial charge is 0.496 e. The van der Waals surface area contributed by atoms with Gasteiger partial charge in [-0.2, -0.15) is 5.26 Å². The fraction of sp³-hybridized carbons (Fsp3) is 0.417. The van der Waals surface area contributed by atoms with Gasteiger partial charge in [-0.05, 0) is 12.5 Å². The van der Waals surface area contributed by atoms with Gasteiger partial charge in [-0.15, -0.1) is 0 Å². The van der Waals surface area contributed by atoms with Crippen LogP contribution in [0.15, 0.2) is 24.3 Å². The average Bonchev–Trinajstić information content (AvgIpc) is 2.29. The number of hydrogen-bond donors (Lipinski definition) is 0. The Morgan fingerprint density at radius 1 is 1.35 bits per heavy atom. The van der Waals surface area contributed by atoms with Gasteiger partial charge in [0.2, 0.25) is 0 Å². The molecule has 1 aromatic rings. The van der Waals surface area contributed by atoms with Crippen molar-refractivity contribution in [1.82, 2.24) is 0 Å². The summed E-state index contributed by atoms with van der Waals surface area (Å²) in [6, 6.07) is 8.99. The SMILES string of the molecule is COc1ccccc1CS(=O)(=O)CCCC#N. The van der Waals surface area contributed by atoms with E-state index in [0.717, 1.165) is 0 Å². The van der Waals surface area contributed by atoms with Crippen molar-refractivity contribution in [2.45, 2.75) is 18.6 Å². The highest BCUT2D eigenvalue weighted by Gasteiger charge is 2.14. The van der Waals surface area contributed by atoms with Gasteiger partial charge < -0.3 is 4.74 Å². The Kier molecular flexibility index (Phi) is 4.98. The molecule has 0 amide bonds. The van der Waals surface area contributed by atoms with Crippen molar-refractivity contribution in [2.24, 2.45) is 0 Å². The van der Waals surface area contributed by atoms with Crippen molar-refractivity contribution in [1.29, 1.82) is 5.26 Å². The van der Waals surface area contributed by atoms with Gasteiger partial charge in [0.15, 0.2) is 9.84 Å². The summed E-state index contributed by atoms with van der Waals surface area (Å²) in [7, 11) is -1.66. The predicted octanol–water partition coefficient (Wildman–Crippen LogP) is 1.91. The van der Waals surface area contributed by atoms with E-state index in [1.165, 1.54) is 7.11 Å². The van der Waals surface area contributed by atoms with Crippen molar-refractivity contribution < 1.29 is 13.2 Å². The fourth-order valence-electron chi connectivity index (χ4n) is 1.50. The lowest BCUT2D eigenvalue weighted by Gasteiger charge is -2.08. The van der Waals surface area contributed by atoms with E-state index in [-0.39, 0.29) is 17.9 Å². The molecule has 0 heterocycles. The molecule has 0 aliphatic carbocycles. The number of benzene rings is 1. The van der Waals surface area contributed by atoms with Crippen LogP contribution in [0.25, 0.3) is 0 Å². The molecule has 17 heavy (non-hydrogen) atoms. The van der Waals surface area contributed by atoms with E-state index in [2.05, 4.69) is 0 Å². The molecule has 0 aliphatic rings. The molecule has 0 fully saturated rings. The minimum atomic E-state index is -3.17. The number of nitriles is 1. The Hall–Kier alpha value is -1.54. The molecule has 0 saturated heterocycles. The van der Waals surface area contributed by atoms with Crippen molar-refractivity contribution in [3.63, 3.8) is 0 Å². The van der Waals surface area contributed by atoms with Gasteiger partial charge in [-0.3, -0.25) is 0 Å². The number of methoxy groups -OCH3 is 1. The van der Waals surface area contributed by atoms with Crippen LogP contribution < -0.4 is 4.74 Å². The van der Waals surface area contributed by atoms with E-state index in [1.54, 1.807) is 24.3 Å². The van der Waals surface area contributed by atoms with Gasteiger partial charge in [0.1, 0.15) is 5.75 Å². The molecule has 0 saturated carbocycles. The summed E-state index contributed by atoms with van der Waals surface area (Å²) in [6.45, 7) is 0. The minimum Gasteiger partial charge on any atom is -0.496 e. The normalized spacial score (nSPS) is 10.8. The number of para-hydroxylation sites is 1. The molecule has 0 atom stereocenters. The topological polar surface area (TPSA) is 67.2 Å². The molecule has 92 valence electrons. The zero-order valence-corrected chi connectivity index (χ0v) is 10.5. The molecular formula is C12H15NO3S. The number of rotatable bonds is 6. The third kappa shape index (κ3) is 4.45. The monoisotopic (exact) mass is 253 g/mol. The van der Waals surface area contributed by atoms with Crippen molar-refractivity contribution in [2.75, 3.05) is 12.9 Å². The number of ether oxygens (including phenoxy) is 1. The summed E-state index contributed by atoms with van der Waals surface area (Å²) in [5.41, 5.74) is 0.659. The number of unbranched alkanes of at least 4 members (excludes halogenated alkanes) is 1. The molecule has 0 N–H and O–H groups in total. The lowest BCUT2D eigenvalue weighted by atomic mass is 10.2. The first-order valence-corrected chi connectivity index (χ1v) is 7.10. The number of nitrogens with zero attached hydrogens (tertiary/aromatic N) is 1. The van der Waals surface area contributed by atoms with Crippen LogP contribution >= 0.6 is 0 Å². The predicted molar refractivity (Wildman–Crippen MR) is 65.3 cm³/mol. The lowest BCUT2D eigenvalue weighted by molar-refractivity contribution is 0.411. The molecule has 0 unspecified atom stereocenters. The standard InChI is InChI=1S/C12H15NO3S/c1-16-12-7-3-2-6-11(12)10-17(14,15)9-5-4-8-13/h2-3,6-7H,4-5,9-10H2,1H3. The average molecular weight is 253 g/mol. The quantitative estimate of drug-likeness (QED) is 0.726. The Labute approximate surface area is 102 Å². The second-order valence-electron chi connectivity index (χ2n) is 3.67. The van der Waals surface area contributed by atoms with E-state index in [4.69, 9.17) is 10.00 Å². The Morgan fingerprint density at radius 3 is 2.71 bits per heavy atom. The van der Waals surface area contributed by atoms with Crippen LogP contribution in [-0.4, -0.2) is 21.3 Å². The van der Waals surface area contributed by atoms with Crippen molar-refractivity contribution in [3.8, 4) is 11.8 Å². The van der Waals surface area contributed by atoms with E-state index in [9.17, 15) is 8.42 Å². The summed E-state index contributed by atoms with van der Waals surface area (Å²) in [4.78, 5) is 0. The summed E-state index contributed by atoms with van der Waals surface area (Å²) >= 11 is 0. The number of sulfone groups is 1. The Morgan fingerprint density at radius 2 is 2.06 bits per heavy atom. The maximum absolute atomic E-state index is 11.8. The van der Waals surface area contributed by atoms with Crippen LogP contribution in [0.3, 0.4) is 0 Å². The molecule has 5 heteroatoms. The highest BCUT2D eigenvalue weighted by Crippen LogP contribution is 2.20. The van der Waals surface area contributed by atoms with Gasteiger partial charge in [0.25, 0.3) is 0 Å². The zero-order valence-electron chi connectivity index (χ0n) is 9.72. The van der Waals surface area contributed by atoms with Crippen LogP contribution in [0, 0.1) is 11.3 Å². The van der Waals surface area contributed by atoms with Crippen LogP contribution in [-0.2, 0) is 15.6 Å². The van der Waals surface area contributed by atoms with Gasteiger partial charge in [0, 0.05) is 12.0 Å². The smallest absolute Gasteiger partial charge is 0.154 e. The minimum absolute atomic E-state index is 0.0392. The molecule has 0 aromatic heterocycles. The maximum atomic E-state index is 11.8. The van der Waals surface area contributed by atoms with E-state index in [1.807, 2.05) is 6.07 Å². The first-order valence-electron chi connectivity index (χ1n) is 5.28. The zero-order chi connectivity index (χ0) is 12.7. The van der Waals surface area contributed by atoms with Crippen LogP contribution in [0.2, 0.25) is 0 Å². The van der Waals surface area contributed by atoms with Gasteiger partial charge in [0.05, 0.1) is 24.7 Å². The van der Waals surface area contributed by atoms with E-state index < -0.39 is 9.84 Å². The van der Waals surface area contributed by atoms with Gasteiger partial charge >= 0.3 is 0 Å². The first kappa shape index (κ1) is 13.5. The molecule has 1 rings (SSSR count). The highest BCUT2D eigenvalue weighted by atomic mass is 32.2. The van der Waals surface area contributed by atoms with Crippen molar-refractivity contribution >= 4 is 9.84 Å². The van der Waals surface area contributed by atoms with Crippen LogP contribution in [0.4, 0.5) is 0 Å². The summed E-state index contributed by atoms with van der Waals surface area (Å²) in [5.74, 6) is 0.581. The van der Waals surface area contributed by atoms with E-state index in [0.29, 0.717) is 17.7 Å². The molecule has 0 spiro atoms. The first-order chi connectivity index (χ1) is 8.09. The summed E-state index contributed by atoms with van der Waals surface area (Å²) in [5, 5.41) is 8.37. The number of hydrogen-bond acceptors (Lipinski definition) is 4. The summed E-state index contributed by atoms with van der Waals surface area (Å²) < 4.78 is 28.7. The fourth-order valence-corrected chi connectivity index (χ4v) is 2.94. The molecular weight excluding hydrogens is 238 g/mol.